The van der Waals surface area contributed by atoms with Crippen molar-refractivity contribution in [3.63, 3.8) is 0 Å². The van der Waals surface area contributed by atoms with Crippen molar-refractivity contribution >= 4 is 21.8 Å². The molecule has 5 heteroatoms. The predicted octanol–water partition coefficient (Wildman–Crippen LogP) is 4.16. The highest BCUT2D eigenvalue weighted by molar-refractivity contribution is 9.10. The first-order valence-corrected chi connectivity index (χ1v) is 7.96. The fourth-order valence-electron chi connectivity index (χ4n) is 1.66. The van der Waals surface area contributed by atoms with E-state index < -0.39 is 0 Å². The van der Waals surface area contributed by atoms with Crippen LogP contribution in [-0.2, 0) is 0 Å². The Kier molecular flexibility index (Phi) is 6.52. The minimum Gasteiger partial charge on any atom is -0.493 e. The van der Waals surface area contributed by atoms with Crippen LogP contribution in [0, 0.1) is 0 Å². The number of carbonyl (C=O) groups excluding carboxylic acids is 1. The Balaban J connectivity index is 3.05. The summed E-state index contributed by atoms with van der Waals surface area (Å²) in [6.07, 6.45) is 1.76. The van der Waals surface area contributed by atoms with E-state index in [2.05, 4.69) is 21.2 Å². The van der Waals surface area contributed by atoms with Gasteiger partial charge in [-0.2, -0.15) is 0 Å². The van der Waals surface area contributed by atoms with Crippen molar-refractivity contribution in [2.24, 2.45) is 0 Å². The van der Waals surface area contributed by atoms with Gasteiger partial charge in [-0.1, -0.05) is 13.8 Å². The maximum absolute atomic E-state index is 12.3. The highest BCUT2D eigenvalue weighted by atomic mass is 79.9. The topological polar surface area (TPSA) is 47.6 Å². The van der Waals surface area contributed by atoms with Gasteiger partial charge in [-0.25, -0.2) is 0 Å². The Morgan fingerprint density at radius 2 is 2.00 bits per heavy atom. The van der Waals surface area contributed by atoms with Crippen molar-refractivity contribution in [3.8, 4) is 11.5 Å². The van der Waals surface area contributed by atoms with Crippen LogP contribution in [0.2, 0.25) is 0 Å². The maximum Gasteiger partial charge on any atom is 0.251 e. The highest BCUT2D eigenvalue weighted by Gasteiger charge is 2.21. The van der Waals surface area contributed by atoms with Gasteiger partial charge in [0.25, 0.3) is 5.91 Å². The van der Waals surface area contributed by atoms with Crippen LogP contribution in [0.3, 0.4) is 0 Å². The summed E-state index contributed by atoms with van der Waals surface area (Å²) < 4.78 is 11.7. The second kappa shape index (κ2) is 7.69. The number of methoxy groups -OCH3 is 1. The van der Waals surface area contributed by atoms with Gasteiger partial charge >= 0.3 is 0 Å². The van der Waals surface area contributed by atoms with Gasteiger partial charge in [-0.3, -0.25) is 4.79 Å². The van der Waals surface area contributed by atoms with Gasteiger partial charge in [0.2, 0.25) is 0 Å². The number of carbonyl (C=O) groups is 1. The summed E-state index contributed by atoms with van der Waals surface area (Å²) in [4.78, 5) is 12.3. The Labute approximate surface area is 135 Å². The molecule has 0 aliphatic heterocycles. The molecule has 0 saturated carbocycles. The third-order valence-corrected chi connectivity index (χ3v) is 3.87. The predicted molar refractivity (Wildman–Crippen MR) is 88.3 cm³/mol. The van der Waals surface area contributed by atoms with Crippen molar-refractivity contribution in [3.05, 3.63) is 22.2 Å². The van der Waals surface area contributed by atoms with E-state index in [4.69, 9.17) is 9.47 Å². The standard InChI is InChI=1S/C16H24BrNO3/c1-6-8-21-14-12(17)9-11(10-13(14)20-5)15(19)18-16(3,4)7-2/h9-10H,6-8H2,1-5H3,(H,18,19). The van der Waals surface area contributed by atoms with Gasteiger partial charge in [0.1, 0.15) is 0 Å². The molecule has 0 aromatic heterocycles. The minimum atomic E-state index is -0.242. The number of ether oxygens (including phenoxy) is 2. The van der Waals surface area contributed by atoms with Gasteiger partial charge in [-0.15, -0.1) is 0 Å². The fourth-order valence-corrected chi connectivity index (χ4v) is 2.22. The molecule has 1 rings (SSSR count). The summed E-state index contributed by atoms with van der Waals surface area (Å²) in [5, 5.41) is 3.01. The molecule has 1 amide bonds. The Morgan fingerprint density at radius 3 is 2.52 bits per heavy atom. The number of halogens is 1. The molecule has 0 aliphatic rings. The molecule has 0 bridgehead atoms. The zero-order chi connectivity index (χ0) is 16.0. The van der Waals surface area contributed by atoms with Gasteiger partial charge in [0, 0.05) is 11.1 Å². The van der Waals surface area contributed by atoms with Gasteiger partial charge in [0.15, 0.2) is 11.5 Å². The second-order valence-corrected chi connectivity index (χ2v) is 6.38. The molecule has 21 heavy (non-hydrogen) atoms. The molecule has 0 saturated heterocycles. The molecular formula is C16H24BrNO3. The van der Waals surface area contributed by atoms with Crippen LogP contribution in [-0.4, -0.2) is 25.2 Å². The third-order valence-electron chi connectivity index (χ3n) is 3.28. The third kappa shape index (κ3) is 4.92. The molecule has 0 aliphatic carbocycles. The van der Waals surface area contributed by atoms with Crippen molar-refractivity contribution in [2.75, 3.05) is 13.7 Å². The quantitative estimate of drug-likeness (QED) is 0.796. The molecule has 0 fully saturated rings. The largest absolute Gasteiger partial charge is 0.493 e. The lowest BCUT2D eigenvalue weighted by atomic mass is 10.0. The van der Waals surface area contributed by atoms with Crippen molar-refractivity contribution in [2.45, 2.75) is 46.1 Å². The molecule has 0 spiro atoms. The summed E-state index contributed by atoms with van der Waals surface area (Å²) in [6, 6.07) is 3.46. The van der Waals surface area contributed by atoms with Crippen molar-refractivity contribution in [1.29, 1.82) is 0 Å². The van der Waals surface area contributed by atoms with Gasteiger partial charge in [0.05, 0.1) is 18.2 Å². The molecule has 0 heterocycles. The lowest BCUT2D eigenvalue weighted by molar-refractivity contribution is 0.0910. The first kappa shape index (κ1) is 17.8. The minimum absolute atomic E-state index is 0.122. The summed E-state index contributed by atoms with van der Waals surface area (Å²) >= 11 is 3.45. The summed E-state index contributed by atoms with van der Waals surface area (Å²) in [5.74, 6) is 1.06. The molecule has 0 atom stereocenters. The fraction of sp³-hybridized carbons (Fsp3) is 0.562. The van der Waals surface area contributed by atoms with Crippen LogP contribution >= 0.6 is 15.9 Å². The number of rotatable bonds is 7. The number of hydrogen-bond acceptors (Lipinski definition) is 3. The normalized spacial score (nSPS) is 11.1. The van der Waals surface area contributed by atoms with Crippen LogP contribution in [0.4, 0.5) is 0 Å². The van der Waals surface area contributed by atoms with Crippen LogP contribution in [0.1, 0.15) is 50.9 Å². The molecule has 4 nitrogen and oxygen atoms in total. The van der Waals surface area contributed by atoms with E-state index in [1.807, 2.05) is 27.7 Å². The summed E-state index contributed by atoms with van der Waals surface area (Å²) in [5.41, 5.74) is 0.304. The van der Waals surface area contributed by atoms with E-state index in [9.17, 15) is 4.79 Å². The van der Waals surface area contributed by atoms with E-state index in [-0.39, 0.29) is 11.4 Å². The van der Waals surface area contributed by atoms with E-state index in [1.165, 1.54) is 0 Å². The smallest absolute Gasteiger partial charge is 0.251 e. The summed E-state index contributed by atoms with van der Waals surface area (Å²) in [6.45, 7) is 8.67. The van der Waals surface area contributed by atoms with E-state index in [0.717, 1.165) is 17.3 Å². The Bertz CT molecular complexity index is 501. The molecule has 0 unspecified atom stereocenters. The second-order valence-electron chi connectivity index (χ2n) is 5.53. The zero-order valence-electron chi connectivity index (χ0n) is 13.4. The maximum atomic E-state index is 12.3. The molecular weight excluding hydrogens is 334 g/mol. The Morgan fingerprint density at radius 1 is 1.33 bits per heavy atom. The van der Waals surface area contributed by atoms with Crippen LogP contribution in [0.15, 0.2) is 16.6 Å². The monoisotopic (exact) mass is 357 g/mol. The zero-order valence-corrected chi connectivity index (χ0v) is 15.0. The molecule has 0 radical (unpaired) electrons. The molecule has 118 valence electrons. The first-order chi connectivity index (χ1) is 9.84. The lowest BCUT2D eigenvalue weighted by Gasteiger charge is -2.24. The van der Waals surface area contributed by atoms with Crippen LogP contribution < -0.4 is 14.8 Å². The van der Waals surface area contributed by atoms with E-state index in [1.54, 1.807) is 19.2 Å². The number of benzene rings is 1. The number of hydrogen-bond donors (Lipinski definition) is 1. The highest BCUT2D eigenvalue weighted by Crippen LogP contribution is 2.36. The molecule has 1 N–H and O–H groups in total. The lowest BCUT2D eigenvalue weighted by Crippen LogP contribution is -2.42. The number of nitrogens with one attached hydrogen (secondary N) is 1. The van der Waals surface area contributed by atoms with E-state index in [0.29, 0.717) is 23.7 Å². The van der Waals surface area contributed by atoms with E-state index >= 15 is 0 Å². The van der Waals surface area contributed by atoms with Crippen molar-refractivity contribution < 1.29 is 14.3 Å². The molecule has 1 aromatic carbocycles. The Hall–Kier alpha value is -1.23. The average Bonchev–Trinajstić information content (AvgIpc) is 2.44. The van der Waals surface area contributed by atoms with Gasteiger partial charge < -0.3 is 14.8 Å². The summed E-state index contributed by atoms with van der Waals surface area (Å²) in [7, 11) is 1.57. The van der Waals surface area contributed by atoms with Crippen molar-refractivity contribution in [1.82, 2.24) is 5.32 Å². The van der Waals surface area contributed by atoms with Crippen LogP contribution in [0.5, 0.6) is 11.5 Å². The SMILES string of the molecule is CCCOc1c(Br)cc(C(=O)NC(C)(C)CC)cc1OC. The van der Waals surface area contributed by atoms with Crippen LogP contribution in [0.25, 0.3) is 0 Å². The number of amides is 1. The average molecular weight is 358 g/mol. The first-order valence-electron chi connectivity index (χ1n) is 7.17. The van der Waals surface area contributed by atoms with Gasteiger partial charge in [-0.05, 0) is 54.8 Å². The molecule has 1 aromatic rings.